The summed E-state index contributed by atoms with van der Waals surface area (Å²) in [6, 6.07) is 4.19. The number of hydrogen-bond acceptors (Lipinski definition) is 3. The van der Waals surface area contributed by atoms with E-state index in [-0.39, 0.29) is 28.8 Å². The summed E-state index contributed by atoms with van der Waals surface area (Å²) >= 11 is 8.36. The van der Waals surface area contributed by atoms with Crippen LogP contribution in [-0.2, 0) is 0 Å². The fraction of sp³-hybridized carbons (Fsp3) is 0.231. The van der Waals surface area contributed by atoms with Crippen molar-refractivity contribution >= 4 is 38.8 Å². The number of nitrogens with one attached hydrogen (secondary N) is 1. The molecule has 0 saturated heterocycles. The van der Waals surface area contributed by atoms with Crippen LogP contribution in [-0.4, -0.2) is 17.2 Å². The molecule has 0 amide bonds. The second-order valence-electron chi connectivity index (χ2n) is 4.38. The molecule has 1 unspecified atom stereocenters. The minimum absolute atomic E-state index is 0.0139. The third-order valence-electron chi connectivity index (χ3n) is 2.84. The molecule has 20 heavy (non-hydrogen) atoms. The van der Waals surface area contributed by atoms with Crippen LogP contribution < -0.4 is 11.1 Å². The summed E-state index contributed by atoms with van der Waals surface area (Å²) in [6.07, 6.45) is 0. The first kappa shape index (κ1) is 15.1. The number of nitrogens with two attached hydrogens (primary N) is 1. The SMILES string of the molecule is CC(N)=C(F)C1=NCC(c2cc(Br)ccc2F)NC1=S. The van der Waals surface area contributed by atoms with E-state index in [1.165, 1.54) is 13.0 Å². The number of benzene rings is 1. The van der Waals surface area contributed by atoms with Gasteiger partial charge in [0.1, 0.15) is 16.5 Å². The molecule has 3 nitrogen and oxygen atoms in total. The molecule has 0 spiro atoms. The van der Waals surface area contributed by atoms with Gasteiger partial charge in [0.05, 0.1) is 12.6 Å². The van der Waals surface area contributed by atoms with Gasteiger partial charge in [-0.2, -0.15) is 0 Å². The van der Waals surface area contributed by atoms with Crippen molar-refractivity contribution in [2.24, 2.45) is 10.7 Å². The quantitative estimate of drug-likeness (QED) is 0.797. The number of hydrogen-bond donors (Lipinski definition) is 2. The number of allylic oxidation sites excluding steroid dienone is 1. The van der Waals surface area contributed by atoms with Crippen LogP contribution in [0.4, 0.5) is 8.78 Å². The lowest BCUT2D eigenvalue weighted by atomic mass is 10.0. The monoisotopic (exact) mass is 359 g/mol. The summed E-state index contributed by atoms with van der Waals surface area (Å²) < 4.78 is 28.3. The first-order valence-electron chi connectivity index (χ1n) is 5.82. The van der Waals surface area contributed by atoms with E-state index in [0.717, 1.165) is 4.47 Å². The predicted molar refractivity (Wildman–Crippen MR) is 82.9 cm³/mol. The number of aliphatic imine (C=N–C) groups is 1. The van der Waals surface area contributed by atoms with Gasteiger partial charge in [-0.1, -0.05) is 28.1 Å². The highest BCUT2D eigenvalue weighted by molar-refractivity contribution is 9.10. The lowest BCUT2D eigenvalue weighted by Crippen LogP contribution is -2.40. The summed E-state index contributed by atoms with van der Waals surface area (Å²) in [5.41, 5.74) is 5.85. The van der Waals surface area contributed by atoms with E-state index in [1.807, 2.05) is 0 Å². The zero-order valence-electron chi connectivity index (χ0n) is 10.6. The van der Waals surface area contributed by atoms with Crippen molar-refractivity contribution in [3.63, 3.8) is 0 Å². The van der Waals surface area contributed by atoms with Crippen molar-refractivity contribution in [1.82, 2.24) is 5.32 Å². The van der Waals surface area contributed by atoms with E-state index in [9.17, 15) is 8.78 Å². The van der Waals surface area contributed by atoms with Gasteiger partial charge in [-0.3, -0.25) is 4.99 Å². The molecule has 1 aliphatic rings. The fourth-order valence-electron chi connectivity index (χ4n) is 1.84. The van der Waals surface area contributed by atoms with Crippen molar-refractivity contribution in [1.29, 1.82) is 0 Å². The minimum Gasteiger partial charge on any atom is -0.400 e. The van der Waals surface area contributed by atoms with Crippen LogP contribution in [0.25, 0.3) is 0 Å². The zero-order chi connectivity index (χ0) is 14.9. The van der Waals surface area contributed by atoms with Gasteiger partial charge >= 0.3 is 0 Å². The Hall–Kier alpha value is -1.34. The molecule has 1 aromatic carbocycles. The Bertz CT molecular complexity index is 624. The van der Waals surface area contributed by atoms with Crippen LogP contribution in [0.1, 0.15) is 18.5 Å². The maximum Gasteiger partial charge on any atom is 0.169 e. The smallest absolute Gasteiger partial charge is 0.169 e. The molecule has 0 bridgehead atoms. The van der Waals surface area contributed by atoms with Gasteiger partial charge in [0.25, 0.3) is 0 Å². The van der Waals surface area contributed by atoms with Crippen molar-refractivity contribution in [3.8, 4) is 0 Å². The van der Waals surface area contributed by atoms with E-state index in [2.05, 4.69) is 26.2 Å². The van der Waals surface area contributed by atoms with Gasteiger partial charge in [-0.05, 0) is 25.1 Å². The second-order valence-corrected chi connectivity index (χ2v) is 5.70. The Labute approximate surface area is 129 Å². The van der Waals surface area contributed by atoms with Gasteiger partial charge in [-0.15, -0.1) is 0 Å². The lowest BCUT2D eigenvalue weighted by molar-refractivity contribution is 0.561. The van der Waals surface area contributed by atoms with Crippen LogP contribution in [0.15, 0.2) is 39.2 Å². The van der Waals surface area contributed by atoms with Gasteiger partial charge in [0.15, 0.2) is 5.83 Å². The average Bonchev–Trinajstić information content (AvgIpc) is 2.40. The van der Waals surface area contributed by atoms with Crippen LogP contribution in [0.2, 0.25) is 0 Å². The first-order chi connectivity index (χ1) is 9.40. The molecule has 0 aliphatic carbocycles. The van der Waals surface area contributed by atoms with Gasteiger partial charge < -0.3 is 11.1 Å². The average molecular weight is 360 g/mol. The fourth-order valence-corrected chi connectivity index (χ4v) is 2.52. The molecule has 3 N–H and O–H groups in total. The van der Waals surface area contributed by atoms with E-state index in [1.54, 1.807) is 12.1 Å². The summed E-state index contributed by atoms with van der Waals surface area (Å²) in [6.45, 7) is 1.62. The Morgan fingerprint density at radius 2 is 2.25 bits per heavy atom. The van der Waals surface area contributed by atoms with Gasteiger partial charge in [-0.25, -0.2) is 8.78 Å². The predicted octanol–water partition coefficient (Wildman–Crippen LogP) is 3.16. The van der Waals surface area contributed by atoms with Crippen LogP contribution >= 0.6 is 28.1 Å². The van der Waals surface area contributed by atoms with E-state index < -0.39 is 11.9 Å². The number of thiocarbonyl (C=S) groups is 1. The van der Waals surface area contributed by atoms with E-state index in [4.69, 9.17) is 18.0 Å². The number of rotatable bonds is 2. The highest BCUT2D eigenvalue weighted by Crippen LogP contribution is 2.24. The summed E-state index contributed by atoms with van der Waals surface area (Å²) in [5.74, 6) is -1.01. The maximum atomic E-state index is 13.8. The topological polar surface area (TPSA) is 50.4 Å². The van der Waals surface area contributed by atoms with Crippen molar-refractivity contribution in [2.75, 3.05) is 6.54 Å². The first-order valence-corrected chi connectivity index (χ1v) is 7.02. The molecule has 1 heterocycles. The molecule has 7 heteroatoms. The Morgan fingerprint density at radius 3 is 2.85 bits per heavy atom. The number of nitrogens with zero attached hydrogens (tertiary/aromatic N) is 1. The van der Waals surface area contributed by atoms with Crippen LogP contribution in [0.3, 0.4) is 0 Å². The standard InChI is InChI=1S/C13H12BrF2N3S/c1-6(17)11(16)12-13(20)19-10(5-18-12)8-4-7(14)2-3-9(8)15/h2-4,10H,5,17H2,1H3,(H,19,20). The maximum absolute atomic E-state index is 13.8. The Balaban J connectivity index is 2.31. The molecule has 106 valence electrons. The Kier molecular flexibility index (Phi) is 4.49. The Morgan fingerprint density at radius 1 is 1.55 bits per heavy atom. The highest BCUT2D eigenvalue weighted by Gasteiger charge is 2.25. The zero-order valence-corrected chi connectivity index (χ0v) is 13.0. The third kappa shape index (κ3) is 3.04. The van der Waals surface area contributed by atoms with Crippen molar-refractivity contribution in [2.45, 2.75) is 13.0 Å². The number of halogens is 3. The molecular weight excluding hydrogens is 348 g/mol. The van der Waals surface area contributed by atoms with Crippen molar-refractivity contribution < 1.29 is 8.78 Å². The lowest BCUT2D eigenvalue weighted by Gasteiger charge is -2.25. The molecule has 1 aromatic rings. The largest absolute Gasteiger partial charge is 0.400 e. The van der Waals surface area contributed by atoms with Crippen LogP contribution in [0.5, 0.6) is 0 Å². The summed E-state index contributed by atoms with van der Waals surface area (Å²) in [7, 11) is 0. The summed E-state index contributed by atoms with van der Waals surface area (Å²) in [5, 5.41) is 2.90. The van der Waals surface area contributed by atoms with E-state index >= 15 is 0 Å². The molecule has 0 radical (unpaired) electrons. The molecule has 0 aromatic heterocycles. The second kappa shape index (κ2) is 5.97. The molecule has 2 rings (SSSR count). The minimum atomic E-state index is -0.643. The van der Waals surface area contributed by atoms with E-state index in [0.29, 0.717) is 5.56 Å². The van der Waals surface area contributed by atoms with Gasteiger partial charge in [0.2, 0.25) is 0 Å². The highest BCUT2D eigenvalue weighted by atomic mass is 79.9. The normalized spacial score (nSPS) is 20.1. The van der Waals surface area contributed by atoms with Gasteiger partial charge in [0, 0.05) is 15.7 Å². The summed E-state index contributed by atoms with van der Waals surface area (Å²) in [4.78, 5) is 4.21. The van der Waals surface area contributed by atoms with Crippen molar-refractivity contribution in [3.05, 3.63) is 45.6 Å². The molecule has 0 saturated carbocycles. The molecular formula is C13H12BrF2N3S. The van der Waals surface area contributed by atoms with Crippen LogP contribution in [0, 0.1) is 5.82 Å². The third-order valence-corrected chi connectivity index (χ3v) is 3.64. The molecule has 1 atom stereocenters. The molecule has 0 fully saturated rings. The molecule has 1 aliphatic heterocycles.